The number of benzene rings is 1. The Morgan fingerprint density at radius 3 is 2.89 bits per heavy atom. The van der Waals surface area contributed by atoms with Crippen LogP contribution in [0.2, 0.25) is 0 Å². The minimum Gasteiger partial charge on any atom is -0.291 e. The second kappa shape index (κ2) is 3.61. The highest BCUT2D eigenvalue weighted by Crippen LogP contribution is 2.28. The van der Waals surface area contributed by atoms with E-state index in [2.05, 4.69) is 21.0 Å². The first kappa shape index (κ1) is 9.73. The Bertz CT molecular complexity index is 813. The fourth-order valence-electron chi connectivity index (χ4n) is 1.90. The first-order chi connectivity index (χ1) is 8.90. The largest absolute Gasteiger partial charge is 0.291 e. The monoisotopic (exact) mass is 252 g/mol. The Kier molecular flexibility index (Phi) is 1.95. The minimum absolute atomic E-state index is 0.701. The van der Waals surface area contributed by atoms with Crippen molar-refractivity contribution in [1.82, 2.24) is 19.4 Å². The predicted molar refractivity (Wildman–Crippen MR) is 71.6 cm³/mol. The molecule has 0 aliphatic rings. The van der Waals surface area contributed by atoms with Crippen molar-refractivity contribution in [2.24, 2.45) is 0 Å². The van der Waals surface area contributed by atoms with Crippen LogP contribution in [0.3, 0.4) is 0 Å². The van der Waals surface area contributed by atoms with E-state index >= 15 is 0 Å². The molecule has 0 N–H and O–H groups in total. The Morgan fingerprint density at radius 1 is 1.00 bits per heavy atom. The fraction of sp³-hybridized carbons (Fsp3) is 0. The van der Waals surface area contributed by atoms with Crippen molar-refractivity contribution >= 4 is 27.3 Å². The van der Waals surface area contributed by atoms with Crippen molar-refractivity contribution < 1.29 is 0 Å². The van der Waals surface area contributed by atoms with Gasteiger partial charge in [0, 0.05) is 18.6 Å². The molecule has 3 aromatic heterocycles. The van der Waals surface area contributed by atoms with Gasteiger partial charge < -0.3 is 0 Å². The summed E-state index contributed by atoms with van der Waals surface area (Å²) < 4.78 is 3.06. The van der Waals surface area contributed by atoms with Gasteiger partial charge in [-0.05, 0) is 18.2 Å². The van der Waals surface area contributed by atoms with Gasteiger partial charge >= 0.3 is 0 Å². The Labute approximate surface area is 107 Å². The molecule has 0 saturated heterocycles. The fourth-order valence-corrected chi connectivity index (χ4v) is 2.84. The highest BCUT2D eigenvalue weighted by molar-refractivity contribution is 7.21. The van der Waals surface area contributed by atoms with E-state index in [1.54, 1.807) is 17.5 Å². The van der Waals surface area contributed by atoms with Crippen LogP contribution < -0.4 is 0 Å². The van der Waals surface area contributed by atoms with Crippen LogP contribution in [-0.2, 0) is 0 Å². The number of hydrogen-bond donors (Lipinski definition) is 0. The molecule has 0 fully saturated rings. The number of para-hydroxylation sites is 1. The van der Waals surface area contributed by atoms with Gasteiger partial charge in [-0.3, -0.25) is 4.40 Å². The number of aromatic nitrogens is 4. The lowest BCUT2D eigenvalue weighted by Gasteiger charge is -1.96. The van der Waals surface area contributed by atoms with E-state index in [0.29, 0.717) is 5.78 Å². The molecule has 1 aromatic carbocycles. The number of imidazole rings is 1. The summed E-state index contributed by atoms with van der Waals surface area (Å²) >= 11 is 1.65. The van der Waals surface area contributed by atoms with Crippen LogP contribution in [0.1, 0.15) is 0 Å². The zero-order chi connectivity index (χ0) is 11.9. The van der Waals surface area contributed by atoms with E-state index in [4.69, 9.17) is 0 Å². The molecule has 4 aromatic rings. The van der Waals surface area contributed by atoms with Gasteiger partial charge in [-0.1, -0.05) is 12.1 Å². The molecule has 0 radical (unpaired) electrons. The van der Waals surface area contributed by atoms with Crippen LogP contribution in [0.4, 0.5) is 0 Å². The van der Waals surface area contributed by atoms with Crippen molar-refractivity contribution in [3.63, 3.8) is 0 Å². The maximum Gasteiger partial charge on any atom is 0.234 e. The summed E-state index contributed by atoms with van der Waals surface area (Å²) in [5.74, 6) is 0.701. The second-order valence-electron chi connectivity index (χ2n) is 3.93. The van der Waals surface area contributed by atoms with E-state index in [9.17, 15) is 0 Å². The summed E-state index contributed by atoms with van der Waals surface area (Å²) in [6.07, 6.45) is 5.58. The zero-order valence-electron chi connectivity index (χ0n) is 9.32. The Morgan fingerprint density at radius 2 is 1.94 bits per heavy atom. The Hall–Kier alpha value is -2.27. The van der Waals surface area contributed by atoms with Crippen LogP contribution in [-0.4, -0.2) is 19.4 Å². The summed E-state index contributed by atoms with van der Waals surface area (Å²) in [5.41, 5.74) is 1.89. The average molecular weight is 252 g/mol. The van der Waals surface area contributed by atoms with Crippen LogP contribution >= 0.6 is 11.3 Å². The van der Waals surface area contributed by atoms with Crippen molar-refractivity contribution in [2.75, 3.05) is 0 Å². The van der Waals surface area contributed by atoms with Gasteiger partial charge in [0.25, 0.3) is 0 Å². The lowest BCUT2D eigenvalue weighted by atomic mass is 10.3. The molecule has 0 aliphatic heterocycles. The number of nitrogens with zero attached hydrogens (tertiary/aromatic N) is 4. The van der Waals surface area contributed by atoms with Crippen molar-refractivity contribution in [2.45, 2.75) is 0 Å². The number of hydrogen-bond acceptors (Lipinski definition) is 4. The summed E-state index contributed by atoms with van der Waals surface area (Å²) in [6, 6.07) is 10.1. The standard InChI is InChI=1S/C13H8N4S/c1-2-4-11-9(3-1)15-12(18-11)10-5-7-17-8-6-14-13(17)16-10/h1-8H. The molecule has 4 nitrogen and oxygen atoms in total. The SMILES string of the molecule is c1ccc2sc(-c3ccn4ccnc4n3)nc2c1. The van der Waals surface area contributed by atoms with Gasteiger partial charge in [0.1, 0.15) is 10.7 Å². The smallest absolute Gasteiger partial charge is 0.234 e. The minimum atomic E-state index is 0.701. The van der Waals surface area contributed by atoms with Crippen molar-refractivity contribution in [3.8, 4) is 10.7 Å². The number of fused-ring (bicyclic) bond motifs is 2. The maximum atomic E-state index is 4.59. The molecule has 18 heavy (non-hydrogen) atoms. The third kappa shape index (κ3) is 1.41. The van der Waals surface area contributed by atoms with E-state index in [1.165, 1.54) is 4.70 Å². The highest BCUT2D eigenvalue weighted by atomic mass is 32.1. The topological polar surface area (TPSA) is 43.1 Å². The van der Waals surface area contributed by atoms with Crippen LogP contribution in [0.15, 0.2) is 48.9 Å². The third-order valence-corrected chi connectivity index (χ3v) is 3.83. The molecule has 3 heterocycles. The first-order valence-electron chi connectivity index (χ1n) is 5.56. The van der Waals surface area contributed by atoms with E-state index in [0.717, 1.165) is 16.2 Å². The lowest BCUT2D eigenvalue weighted by molar-refractivity contribution is 1.11. The zero-order valence-corrected chi connectivity index (χ0v) is 10.1. The molecule has 4 rings (SSSR count). The van der Waals surface area contributed by atoms with Gasteiger partial charge in [0.05, 0.1) is 10.2 Å². The predicted octanol–water partition coefficient (Wildman–Crippen LogP) is 3.01. The lowest BCUT2D eigenvalue weighted by Crippen LogP contribution is -1.89. The van der Waals surface area contributed by atoms with E-state index < -0.39 is 0 Å². The molecule has 5 heteroatoms. The summed E-state index contributed by atoms with van der Waals surface area (Å²) in [7, 11) is 0. The quantitative estimate of drug-likeness (QED) is 0.523. The van der Waals surface area contributed by atoms with Gasteiger partial charge in [0.2, 0.25) is 5.78 Å². The summed E-state index contributed by atoms with van der Waals surface area (Å²) in [6.45, 7) is 0. The van der Waals surface area contributed by atoms with Gasteiger partial charge in [-0.15, -0.1) is 11.3 Å². The molecular formula is C13H8N4S. The number of thiazole rings is 1. The van der Waals surface area contributed by atoms with Crippen LogP contribution in [0.25, 0.3) is 26.7 Å². The van der Waals surface area contributed by atoms with Crippen molar-refractivity contribution in [1.29, 1.82) is 0 Å². The molecule has 86 valence electrons. The molecule has 0 amide bonds. The van der Waals surface area contributed by atoms with Crippen molar-refractivity contribution in [3.05, 3.63) is 48.9 Å². The van der Waals surface area contributed by atoms with Crippen LogP contribution in [0.5, 0.6) is 0 Å². The van der Waals surface area contributed by atoms with Gasteiger partial charge in [-0.2, -0.15) is 0 Å². The average Bonchev–Trinajstić information content (AvgIpc) is 3.04. The molecule has 0 unspecified atom stereocenters. The second-order valence-corrected chi connectivity index (χ2v) is 4.96. The van der Waals surface area contributed by atoms with Gasteiger partial charge in [0.15, 0.2) is 0 Å². The van der Waals surface area contributed by atoms with Gasteiger partial charge in [-0.25, -0.2) is 15.0 Å². The van der Waals surface area contributed by atoms with Crippen LogP contribution in [0, 0.1) is 0 Å². The number of rotatable bonds is 1. The van der Waals surface area contributed by atoms with E-state index in [1.807, 2.05) is 41.1 Å². The summed E-state index contributed by atoms with van der Waals surface area (Å²) in [5, 5.41) is 0.932. The first-order valence-corrected chi connectivity index (χ1v) is 6.37. The summed E-state index contributed by atoms with van der Waals surface area (Å²) in [4.78, 5) is 13.3. The molecule has 0 bridgehead atoms. The molecular weight excluding hydrogens is 244 g/mol. The Balaban J connectivity index is 1.94. The van der Waals surface area contributed by atoms with E-state index in [-0.39, 0.29) is 0 Å². The molecule has 0 spiro atoms. The molecule has 0 saturated carbocycles. The molecule has 0 aliphatic carbocycles. The highest BCUT2D eigenvalue weighted by Gasteiger charge is 2.08. The third-order valence-electron chi connectivity index (χ3n) is 2.77. The maximum absolute atomic E-state index is 4.59. The molecule has 0 atom stereocenters. The normalized spacial score (nSPS) is 11.3.